The van der Waals surface area contributed by atoms with Gasteiger partial charge in [0.1, 0.15) is 12.4 Å². The first-order chi connectivity index (χ1) is 12.4. The van der Waals surface area contributed by atoms with E-state index in [1.54, 1.807) is 30.3 Å². The molecule has 0 radical (unpaired) electrons. The van der Waals surface area contributed by atoms with E-state index >= 15 is 0 Å². The third kappa shape index (κ3) is 3.77. The molecule has 0 aliphatic rings. The zero-order valence-corrected chi connectivity index (χ0v) is 13.7. The van der Waals surface area contributed by atoms with E-state index in [4.69, 9.17) is 4.74 Å². The number of methoxy groups -OCH3 is 1. The quantitative estimate of drug-likeness (QED) is 0.636. The number of hydrogen-bond donors (Lipinski definition) is 0. The number of rotatable bonds is 4. The predicted octanol–water partition coefficient (Wildman–Crippen LogP) is 4.62. The topological polar surface area (TPSA) is 48.4 Å². The van der Waals surface area contributed by atoms with Crippen molar-refractivity contribution < 1.29 is 27.4 Å². The third-order valence-corrected chi connectivity index (χ3v) is 3.72. The highest BCUT2D eigenvalue weighted by Crippen LogP contribution is 2.30. The van der Waals surface area contributed by atoms with Crippen LogP contribution in [-0.4, -0.2) is 18.1 Å². The fourth-order valence-electron chi connectivity index (χ4n) is 2.47. The van der Waals surface area contributed by atoms with Crippen LogP contribution in [0.25, 0.3) is 10.9 Å². The van der Waals surface area contributed by atoms with E-state index in [0.717, 1.165) is 12.1 Å². The first kappa shape index (κ1) is 17.7. The monoisotopic (exact) mass is 361 g/mol. The molecule has 0 fully saturated rings. The average molecular weight is 361 g/mol. The van der Waals surface area contributed by atoms with Crippen molar-refractivity contribution in [3.05, 3.63) is 71.4 Å². The summed E-state index contributed by atoms with van der Waals surface area (Å²) >= 11 is 0. The number of ether oxygens (including phenoxy) is 2. The normalized spacial score (nSPS) is 11.4. The molecule has 1 aromatic heterocycles. The molecule has 134 valence electrons. The summed E-state index contributed by atoms with van der Waals surface area (Å²) in [5.74, 6) is -0.284. The molecule has 0 bridgehead atoms. The van der Waals surface area contributed by atoms with Gasteiger partial charge in [-0.05, 0) is 29.8 Å². The van der Waals surface area contributed by atoms with Crippen LogP contribution in [0.4, 0.5) is 13.2 Å². The maximum atomic E-state index is 12.8. The number of nitrogens with zero attached hydrogens (tertiary/aromatic N) is 1. The highest BCUT2D eigenvalue weighted by molar-refractivity contribution is 5.93. The summed E-state index contributed by atoms with van der Waals surface area (Å²) in [6.45, 7) is -0.0848. The second kappa shape index (κ2) is 7.03. The van der Waals surface area contributed by atoms with Crippen molar-refractivity contribution in [2.75, 3.05) is 7.11 Å². The molecule has 0 N–H and O–H groups in total. The van der Waals surface area contributed by atoms with Crippen molar-refractivity contribution in [3.8, 4) is 5.75 Å². The molecule has 1 heterocycles. The van der Waals surface area contributed by atoms with Gasteiger partial charge in [-0.2, -0.15) is 13.2 Å². The van der Waals surface area contributed by atoms with E-state index < -0.39 is 17.7 Å². The van der Waals surface area contributed by atoms with Gasteiger partial charge in [-0.3, -0.25) is 0 Å². The smallest absolute Gasteiger partial charge is 0.416 e. The number of halogens is 3. The number of aromatic nitrogens is 1. The number of hydrogen-bond acceptors (Lipinski definition) is 4. The van der Waals surface area contributed by atoms with E-state index in [2.05, 4.69) is 9.72 Å². The lowest BCUT2D eigenvalue weighted by Gasteiger charge is -2.12. The fourth-order valence-corrected chi connectivity index (χ4v) is 2.47. The lowest BCUT2D eigenvalue weighted by molar-refractivity contribution is -0.137. The van der Waals surface area contributed by atoms with Gasteiger partial charge < -0.3 is 9.47 Å². The maximum absolute atomic E-state index is 12.8. The van der Waals surface area contributed by atoms with Gasteiger partial charge in [0.05, 0.1) is 18.2 Å². The molecule has 3 aromatic rings. The van der Waals surface area contributed by atoms with Crippen LogP contribution < -0.4 is 4.74 Å². The van der Waals surface area contributed by atoms with Gasteiger partial charge in [-0.15, -0.1) is 0 Å². The number of alkyl halides is 3. The van der Waals surface area contributed by atoms with Crippen molar-refractivity contribution >= 4 is 16.9 Å². The highest BCUT2D eigenvalue weighted by Gasteiger charge is 2.30. The number of carbonyl (C=O) groups is 1. The Bertz CT molecular complexity index is 954. The van der Waals surface area contributed by atoms with Crippen LogP contribution >= 0.6 is 0 Å². The van der Waals surface area contributed by atoms with E-state index in [0.29, 0.717) is 22.2 Å². The number of esters is 1. The summed E-state index contributed by atoms with van der Waals surface area (Å²) in [5.41, 5.74) is 0.202. The molecule has 0 aliphatic heterocycles. The Labute approximate surface area is 147 Å². The molecule has 0 amide bonds. The molecule has 4 nitrogen and oxygen atoms in total. The number of pyridine rings is 1. The van der Waals surface area contributed by atoms with Crippen molar-refractivity contribution in [1.29, 1.82) is 0 Å². The molecular weight excluding hydrogens is 347 g/mol. The van der Waals surface area contributed by atoms with Crippen LogP contribution in [0.3, 0.4) is 0 Å². The fraction of sp³-hybridized carbons (Fsp3) is 0.158. The maximum Gasteiger partial charge on any atom is 0.416 e. The minimum Gasteiger partial charge on any atom is -0.488 e. The Balaban J connectivity index is 1.92. The van der Waals surface area contributed by atoms with Crippen LogP contribution in [0.15, 0.2) is 54.6 Å². The molecule has 26 heavy (non-hydrogen) atoms. The van der Waals surface area contributed by atoms with Gasteiger partial charge in [0, 0.05) is 11.5 Å². The molecule has 0 saturated heterocycles. The van der Waals surface area contributed by atoms with Gasteiger partial charge in [0.25, 0.3) is 0 Å². The molecule has 0 saturated carbocycles. The minimum absolute atomic E-state index is 0.0604. The minimum atomic E-state index is -4.42. The van der Waals surface area contributed by atoms with Crippen molar-refractivity contribution in [3.63, 3.8) is 0 Å². The van der Waals surface area contributed by atoms with E-state index in [-0.39, 0.29) is 12.3 Å². The summed E-state index contributed by atoms with van der Waals surface area (Å²) in [5, 5.41) is 0.645. The van der Waals surface area contributed by atoms with Gasteiger partial charge >= 0.3 is 12.1 Å². The average Bonchev–Trinajstić information content (AvgIpc) is 2.64. The van der Waals surface area contributed by atoms with Crippen LogP contribution in [0.1, 0.15) is 21.6 Å². The first-order valence-electron chi connectivity index (χ1n) is 7.65. The SMILES string of the molecule is COC(=O)c1cc(OCc2cccc(C(F)(F)F)c2)c2ccccc2n1. The third-order valence-electron chi connectivity index (χ3n) is 3.72. The molecule has 0 aliphatic carbocycles. The van der Waals surface area contributed by atoms with Gasteiger partial charge in [0.15, 0.2) is 5.69 Å². The van der Waals surface area contributed by atoms with Gasteiger partial charge in [0.2, 0.25) is 0 Å². The Hall–Kier alpha value is -3.09. The molecular formula is C19H14F3NO3. The summed E-state index contributed by atoms with van der Waals surface area (Å²) in [6, 6.07) is 13.3. The summed E-state index contributed by atoms with van der Waals surface area (Å²) < 4.78 is 48.8. The molecule has 0 atom stereocenters. The van der Waals surface area contributed by atoms with Gasteiger partial charge in [-0.1, -0.05) is 24.3 Å². The first-order valence-corrected chi connectivity index (χ1v) is 7.65. The number of fused-ring (bicyclic) bond motifs is 1. The van der Waals surface area contributed by atoms with E-state index in [1.807, 2.05) is 0 Å². The van der Waals surface area contributed by atoms with Crippen LogP contribution in [-0.2, 0) is 17.5 Å². The van der Waals surface area contributed by atoms with Crippen molar-refractivity contribution in [1.82, 2.24) is 4.98 Å². The molecule has 3 rings (SSSR count). The number of para-hydroxylation sites is 1. The highest BCUT2D eigenvalue weighted by atomic mass is 19.4. The summed E-state index contributed by atoms with van der Waals surface area (Å²) in [4.78, 5) is 16.0. The van der Waals surface area contributed by atoms with E-state index in [1.165, 1.54) is 19.2 Å². The predicted molar refractivity (Wildman–Crippen MR) is 88.9 cm³/mol. The standard InChI is InChI=1S/C19H14F3NO3/c1-25-18(24)16-10-17(14-7-2-3-8-15(14)23-16)26-11-12-5-4-6-13(9-12)19(20,21)22/h2-10H,11H2,1H3. The Kier molecular flexibility index (Phi) is 4.79. The number of benzene rings is 2. The summed E-state index contributed by atoms with van der Waals surface area (Å²) in [7, 11) is 1.24. The van der Waals surface area contributed by atoms with Crippen molar-refractivity contribution in [2.24, 2.45) is 0 Å². The molecule has 0 spiro atoms. The Morgan fingerprint density at radius 3 is 2.58 bits per heavy atom. The van der Waals surface area contributed by atoms with Crippen molar-refractivity contribution in [2.45, 2.75) is 12.8 Å². The zero-order chi connectivity index (χ0) is 18.7. The van der Waals surface area contributed by atoms with Crippen LogP contribution in [0.2, 0.25) is 0 Å². The largest absolute Gasteiger partial charge is 0.488 e. The zero-order valence-electron chi connectivity index (χ0n) is 13.7. The second-order valence-electron chi connectivity index (χ2n) is 5.50. The Morgan fingerprint density at radius 1 is 1.08 bits per heavy atom. The lowest BCUT2D eigenvalue weighted by atomic mass is 10.1. The van der Waals surface area contributed by atoms with Crippen LogP contribution in [0.5, 0.6) is 5.75 Å². The molecule has 0 unspecified atom stereocenters. The van der Waals surface area contributed by atoms with Crippen LogP contribution in [0, 0.1) is 0 Å². The molecule has 7 heteroatoms. The Morgan fingerprint density at radius 2 is 1.85 bits per heavy atom. The summed E-state index contributed by atoms with van der Waals surface area (Å²) in [6.07, 6.45) is -4.42. The number of carbonyl (C=O) groups excluding carboxylic acids is 1. The second-order valence-corrected chi connectivity index (χ2v) is 5.50. The van der Waals surface area contributed by atoms with E-state index in [9.17, 15) is 18.0 Å². The van der Waals surface area contributed by atoms with Gasteiger partial charge in [-0.25, -0.2) is 9.78 Å². The lowest BCUT2D eigenvalue weighted by Crippen LogP contribution is -2.07. The molecule has 2 aromatic carbocycles.